The third kappa shape index (κ3) is 5.01. The van der Waals surface area contributed by atoms with E-state index in [-0.39, 0.29) is 39.9 Å². The molecule has 36 heavy (non-hydrogen) atoms. The molecule has 0 N–H and O–H groups in total. The van der Waals surface area contributed by atoms with E-state index in [0.717, 1.165) is 30.6 Å². The van der Waals surface area contributed by atoms with Crippen molar-refractivity contribution in [3.05, 3.63) is 46.9 Å². The van der Waals surface area contributed by atoms with Gasteiger partial charge in [-0.2, -0.15) is 4.31 Å². The normalized spacial score (nSPS) is 17.9. The van der Waals surface area contributed by atoms with Crippen LogP contribution in [0.15, 0.2) is 33.6 Å². The van der Waals surface area contributed by atoms with Gasteiger partial charge in [0.25, 0.3) is 0 Å². The average Bonchev–Trinajstić information content (AvgIpc) is 3.40. The van der Waals surface area contributed by atoms with Crippen LogP contribution in [0.5, 0.6) is 5.75 Å². The third-order valence-corrected chi connectivity index (χ3v) is 9.35. The van der Waals surface area contributed by atoms with Crippen LogP contribution < -0.4 is 4.74 Å². The molecule has 1 spiro atoms. The fourth-order valence-electron chi connectivity index (χ4n) is 5.35. The molecule has 3 heterocycles. The topological polar surface area (TPSA) is 106 Å². The van der Waals surface area contributed by atoms with Crippen LogP contribution >= 0.6 is 0 Å². The Kier molecular flexibility index (Phi) is 7.47. The van der Waals surface area contributed by atoms with E-state index in [9.17, 15) is 18.0 Å². The summed E-state index contributed by atoms with van der Waals surface area (Å²) in [6.45, 7) is 6.85. The Bertz CT molecular complexity index is 1240. The first-order valence-electron chi connectivity index (χ1n) is 12.3. The molecule has 2 fully saturated rings. The first kappa shape index (κ1) is 26.2. The molecule has 0 unspecified atom stereocenters. The van der Waals surface area contributed by atoms with E-state index in [1.807, 2.05) is 29.2 Å². The Balaban J connectivity index is 1.43. The highest BCUT2D eigenvalue weighted by Gasteiger charge is 2.47. The summed E-state index contributed by atoms with van der Waals surface area (Å²) in [5.74, 6) is 0.515. The number of hydrogen-bond donors (Lipinski definition) is 0. The molecular formula is C26H34N2O7S. The van der Waals surface area contributed by atoms with Gasteiger partial charge < -0.3 is 18.8 Å². The van der Waals surface area contributed by atoms with Gasteiger partial charge >= 0.3 is 5.97 Å². The van der Waals surface area contributed by atoms with Crippen LogP contribution in [0, 0.1) is 19.3 Å². The molecule has 1 aromatic carbocycles. The van der Waals surface area contributed by atoms with Gasteiger partial charge in [0.05, 0.1) is 20.1 Å². The number of piperidine rings is 1. The summed E-state index contributed by atoms with van der Waals surface area (Å²) < 4.78 is 44.6. The van der Waals surface area contributed by atoms with Gasteiger partial charge in [0.2, 0.25) is 15.9 Å². The van der Waals surface area contributed by atoms with Crippen LogP contribution in [-0.4, -0.2) is 69.4 Å². The van der Waals surface area contributed by atoms with Crippen LogP contribution in [0.25, 0.3) is 0 Å². The van der Waals surface area contributed by atoms with Crippen molar-refractivity contribution in [3.8, 4) is 5.75 Å². The predicted octanol–water partition coefficient (Wildman–Crippen LogP) is 3.33. The molecule has 0 atom stereocenters. The lowest BCUT2D eigenvalue weighted by Crippen LogP contribution is -2.45. The minimum absolute atomic E-state index is 0.0201. The number of ether oxygens (including phenoxy) is 2. The molecule has 4 rings (SSSR count). The van der Waals surface area contributed by atoms with Gasteiger partial charge in [-0.1, -0.05) is 12.1 Å². The van der Waals surface area contributed by atoms with E-state index in [4.69, 9.17) is 13.9 Å². The maximum Gasteiger partial charge on any atom is 0.343 e. The highest BCUT2D eigenvalue weighted by atomic mass is 32.2. The van der Waals surface area contributed by atoms with Gasteiger partial charge in [-0.15, -0.1) is 0 Å². The molecule has 196 valence electrons. The molecule has 9 nitrogen and oxygen atoms in total. The van der Waals surface area contributed by atoms with Crippen molar-refractivity contribution >= 4 is 21.9 Å². The molecule has 2 saturated heterocycles. The molecule has 0 aliphatic carbocycles. The Labute approximate surface area is 212 Å². The second-order valence-electron chi connectivity index (χ2n) is 9.64. The number of rotatable bonds is 7. The summed E-state index contributed by atoms with van der Waals surface area (Å²) >= 11 is 0. The average molecular weight is 519 g/mol. The van der Waals surface area contributed by atoms with Gasteiger partial charge in [-0.05, 0) is 63.1 Å². The summed E-state index contributed by atoms with van der Waals surface area (Å²) in [6.07, 6.45) is 2.49. The quantitative estimate of drug-likeness (QED) is 0.518. The van der Waals surface area contributed by atoms with Crippen molar-refractivity contribution in [1.29, 1.82) is 0 Å². The second-order valence-corrected chi connectivity index (χ2v) is 11.5. The van der Waals surface area contributed by atoms with Gasteiger partial charge in [-0.3, -0.25) is 4.79 Å². The molecule has 2 aliphatic heterocycles. The minimum Gasteiger partial charge on any atom is -0.497 e. The van der Waals surface area contributed by atoms with Crippen molar-refractivity contribution in [1.82, 2.24) is 9.21 Å². The first-order chi connectivity index (χ1) is 17.1. The highest BCUT2D eigenvalue weighted by molar-refractivity contribution is 7.89. The number of furan rings is 1. The van der Waals surface area contributed by atoms with Gasteiger partial charge in [-0.25, -0.2) is 13.2 Å². The molecule has 2 aromatic rings. The molecule has 0 bridgehead atoms. The summed E-state index contributed by atoms with van der Waals surface area (Å²) in [6, 6.07) is 7.50. The van der Waals surface area contributed by atoms with E-state index in [1.54, 1.807) is 27.9 Å². The van der Waals surface area contributed by atoms with Gasteiger partial charge in [0, 0.05) is 26.2 Å². The first-order valence-corrected chi connectivity index (χ1v) is 13.7. The lowest BCUT2D eigenvalue weighted by Gasteiger charge is -2.39. The lowest BCUT2D eigenvalue weighted by molar-refractivity contribution is -0.132. The number of sulfonamides is 1. The van der Waals surface area contributed by atoms with E-state index < -0.39 is 16.0 Å². The Morgan fingerprint density at radius 2 is 1.78 bits per heavy atom. The largest absolute Gasteiger partial charge is 0.497 e. The molecular weight excluding hydrogens is 484 g/mol. The number of methoxy groups -OCH3 is 1. The highest BCUT2D eigenvalue weighted by Crippen LogP contribution is 2.43. The maximum absolute atomic E-state index is 13.6. The molecule has 1 amide bonds. The SMILES string of the molecule is CCOC(=O)c1c(C)oc(C)c1S(=O)(=O)N1CCC2(CCN(C(=O)Cc3cccc(OC)c3)CC2)C1. The lowest BCUT2D eigenvalue weighted by atomic mass is 9.78. The number of nitrogens with zero attached hydrogens (tertiary/aromatic N) is 2. The predicted molar refractivity (Wildman–Crippen MR) is 132 cm³/mol. The third-order valence-electron chi connectivity index (χ3n) is 7.35. The monoisotopic (exact) mass is 518 g/mol. The summed E-state index contributed by atoms with van der Waals surface area (Å²) in [5, 5.41) is 0. The second kappa shape index (κ2) is 10.3. The molecule has 0 saturated carbocycles. The molecule has 1 aromatic heterocycles. The number of carbonyl (C=O) groups is 2. The number of amides is 1. The van der Waals surface area contributed by atoms with Crippen LogP contribution in [0.1, 0.15) is 53.6 Å². The Morgan fingerprint density at radius 3 is 2.44 bits per heavy atom. The van der Waals surface area contributed by atoms with Gasteiger partial charge in [0.1, 0.15) is 27.7 Å². The number of esters is 1. The number of likely N-dealkylation sites (tertiary alicyclic amines) is 1. The van der Waals surface area contributed by atoms with Crippen molar-refractivity contribution in [2.45, 2.75) is 51.3 Å². The number of benzene rings is 1. The van der Waals surface area contributed by atoms with Crippen molar-refractivity contribution < 1.29 is 31.9 Å². The van der Waals surface area contributed by atoms with E-state index in [0.29, 0.717) is 32.6 Å². The van der Waals surface area contributed by atoms with Crippen LogP contribution in [-0.2, 0) is 26.0 Å². The molecule has 0 radical (unpaired) electrons. The number of carbonyl (C=O) groups excluding carboxylic acids is 2. The Morgan fingerprint density at radius 1 is 1.08 bits per heavy atom. The molecule has 2 aliphatic rings. The fourth-order valence-corrected chi connectivity index (χ4v) is 7.27. The zero-order valence-electron chi connectivity index (χ0n) is 21.3. The van der Waals surface area contributed by atoms with Crippen LogP contribution in [0.3, 0.4) is 0 Å². The molecule has 10 heteroatoms. The number of aryl methyl sites for hydroxylation is 2. The maximum atomic E-state index is 13.6. The van der Waals surface area contributed by atoms with Crippen molar-refractivity contribution in [2.75, 3.05) is 39.9 Å². The van der Waals surface area contributed by atoms with Crippen molar-refractivity contribution in [2.24, 2.45) is 5.41 Å². The van der Waals surface area contributed by atoms with Crippen LogP contribution in [0.2, 0.25) is 0 Å². The zero-order valence-corrected chi connectivity index (χ0v) is 22.2. The smallest absolute Gasteiger partial charge is 0.343 e. The van der Waals surface area contributed by atoms with E-state index in [2.05, 4.69) is 0 Å². The fraction of sp³-hybridized carbons (Fsp3) is 0.538. The van der Waals surface area contributed by atoms with E-state index in [1.165, 1.54) is 4.31 Å². The standard InChI is InChI=1S/C26H34N2O7S/c1-5-34-25(30)23-18(2)35-19(3)24(23)36(31,32)28-14-11-26(17-28)9-12-27(13-10-26)22(29)16-20-7-6-8-21(15-20)33-4/h6-8,15H,5,9-14,16-17H2,1-4H3. The minimum atomic E-state index is -3.95. The summed E-state index contributed by atoms with van der Waals surface area (Å²) in [5.41, 5.74) is 0.700. The van der Waals surface area contributed by atoms with E-state index >= 15 is 0 Å². The summed E-state index contributed by atoms with van der Waals surface area (Å²) in [4.78, 5) is 27.2. The zero-order chi connectivity index (χ0) is 26.1. The number of hydrogen-bond acceptors (Lipinski definition) is 7. The van der Waals surface area contributed by atoms with Crippen molar-refractivity contribution in [3.63, 3.8) is 0 Å². The Hall–Kier alpha value is -2.85. The summed E-state index contributed by atoms with van der Waals surface area (Å²) in [7, 11) is -2.35. The van der Waals surface area contributed by atoms with Crippen LogP contribution in [0.4, 0.5) is 0 Å². The van der Waals surface area contributed by atoms with Gasteiger partial charge in [0.15, 0.2) is 0 Å².